The zero-order valence-electron chi connectivity index (χ0n) is 11.8. The zero-order chi connectivity index (χ0) is 13.1. The minimum atomic E-state index is -0.644. The molecule has 18 heavy (non-hydrogen) atoms. The van der Waals surface area contributed by atoms with Gasteiger partial charge in [0.15, 0.2) is 0 Å². The minimum absolute atomic E-state index is 0.323. The lowest BCUT2D eigenvalue weighted by atomic mass is 9.84. The predicted molar refractivity (Wildman–Crippen MR) is 72.5 cm³/mol. The Morgan fingerprint density at radius 3 is 2.78 bits per heavy atom. The van der Waals surface area contributed by atoms with Crippen molar-refractivity contribution in [2.45, 2.75) is 58.4 Å². The number of carboxylic acid groups (broad SMARTS) is 1. The predicted octanol–water partition coefficient (Wildman–Crippen LogP) is 3.00. The summed E-state index contributed by atoms with van der Waals surface area (Å²) in [4.78, 5) is 13.5. The lowest BCUT2D eigenvalue weighted by molar-refractivity contribution is -0.138. The third-order valence-electron chi connectivity index (χ3n) is 4.97. The molecule has 0 aromatic rings. The SMILES string of the molecule is CC1CCC(N2CCCC(C(C)CC(=O)O)C2)C1. The Morgan fingerprint density at radius 1 is 1.39 bits per heavy atom. The van der Waals surface area contributed by atoms with E-state index < -0.39 is 5.97 Å². The lowest BCUT2D eigenvalue weighted by Gasteiger charge is -2.39. The maximum Gasteiger partial charge on any atom is 0.303 e. The Bertz CT molecular complexity index is 292. The number of hydrogen-bond donors (Lipinski definition) is 1. The molecule has 2 fully saturated rings. The Kier molecular flexibility index (Phi) is 4.66. The van der Waals surface area contributed by atoms with Crippen molar-refractivity contribution in [2.24, 2.45) is 17.8 Å². The monoisotopic (exact) mass is 253 g/mol. The van der Waals surface area contributed by atoms with Crippen molar-refractivity contribution < 1.29 is 9.90 Å². The van der Waals surface area contributed by atoms with E-state index in [4.69, 9.17) is 5.11 Å². The summed E-state index contributed by atoms with van der Waals surface area (Å²) in [5, 5.41) is 8.91. The van der Waals surface area contributed by atoms with Gasteiger partial charge in [0, 0.05) is 19.0 Å². The van der Waals surface area contributed by atoms with Gasteiger partial charge in [-0.25, -0.2) is 0 Å². The van der Waals surface area contributed by atoms with E-state index in [0.717, 1.165) is 18.5 Å². The second-order valence-corrected chi connectivity index (χ2v) is 6.54. The molecule has 2 aliphatic rings. The lowest BCUT2D eigenvalue weighted by Crippen LogP contribution is -2.43. The molecule has 0 aromatic heterocycles. The molecule has 0 amide bonds. The van der Waals surface area contributed by atoms with Crippen LogP contribution in [0.3, 0.4) is 0 Å². The van der Waals surface area contributed by atoms with Gasteiger partial charge in [-0.15, -0.1) is 0 Å². The fraction of sp³-hybridized carbons (Fsp3) is 0.933. The smallest absolute Gasteiger partial charge is 0.303 e. The number of likely N-dealkylation sites (tertiary alicyclic amines) is 1. The summed E-state index contributed by atoms with van der Waals surface area (Å²) in [7, 11) is 0. The topological polar surface area (TPSA) is 40.5 Å². The molecule has 0 bridgehead atoms. The molecule has 1 saturated heterocycles. The van der Waals surface area contributed by atoms with Crippen LogP contribution in [0.25, 0.3) is 0 Å². The van der Waals surface area contributed by atoms with Crippen LogP contribution in [0.15, 0.2) is 0 Å². The second kappa shape index (κ2) is 6.05. The summed E-state index contributed by atoms with van der Waals surface area (Å²) in [5.74, 6) is 1.15. The van der Waals surface area contributed by atoms with Crippen molar-refractivity contribution in [2.75, 3.05) is 13.1 Å². The molecule has 0 aromatic carbocycles. The number of rotatable bonds is 4. The van der Waals surface area contributed by atoms with Gasteiger partial charge in [-0.3, -0.25) is 4.79 Å². The van der Waals surface area contributed by atoms with Crippen LogP contribution in [-0.4, -0.2) is 35.1 Å². The van der Waals surface area contributed by atoms with Gasteiger partial charge in [-0.1, -0.05) is 13.8 Å². The van der Waals surface area contributed by atoms with Crippen molar-refractivity contribution in [1.82, 2.24) is 4.90 Å². The second-order valence-electron chi connectivity index (χ2n) is 6.54. The van der Waals surface area contributed by atoms with Crippen molar-refractivity contribution in [1.29, 1.82) is 0 Å². The van der Waals surface area contributed by atoms with Gasteiger partial charge < -0.3 is 10.0 Å². The molecule has 1 N–H and O–H groups in total. The van der Waals surface area contributed by atoms with E-state index in [9.17, 15) is 4.79 Å². The highest BCUT2D eigenvalue weighted by Crippen LogP contribution is 2.33. The summed E-state index contributed by atoms with van der Waals surface area (Å²) in [5.41, 5.74) is 0. The number of carboxylic acids is 1. The molecule has 3 nitrogen and oxygen atoms in total. The van der Waals surface area contributed by atoms with Gasteiger partial charge in [-0.2, -0.15) is 0 Å². The maximum atomic E-state index is 10.8. The van der Waals surface area contributed by atoms with Gasteiger partial charge in [0.1, 0.15) is 0 Å². The van der Waals surface area contributed by atoms with Crippen LogP contribution in [0.2, 0.25) is 0 Å². The first kappa shape index (κ1) is 13.9. The summed E-state index contributed by atoms with van der Waals surface area (Å²) in [6, 6.07) is 0.778. The molecule has 4 atom stereocenters. The van der Waals surface area contributed by atoms with Crippen LogP contribution >= 0.6 is 0 Å². The van der Waals surface area contributed by atoms with Crippen LogP contribution < -0.4 is 0 Å². The summed E-state index contributed by atoms with van der Waals surface area (Å²) < 4.78 is 0. The molecular weight excluding hydrogens is 226 g/mol. The number of nitrogens with zero attached hydrogens (tertiary/aromatic N) is 1. The Balaban J connectivity index is 1.86. The largest absolute Gasteiger partial charge is 0.481 e. The average Bonchev–Trinajstić information content (AvgIpc) is 2.75. The Hall–Kier alpha value is -0.570. The third-order valence-corrected chi connectivity index (χ3v) is 4.97. The standard InChI is InChI=1S/C15H27NO2/c1-11-5-6-14(8-11)16-7-3-4-13(10-16)12(2)9-15(17)18/h11-14H,3-10H2,1-2H3,(H,17,18). The quantitative estimate of drug-likeness (QED) is 0.837. The number of aliphatic carboxylic acids is 1. The molecule has 2 rings (SSSR count). The molecule has 4 unspecified atom stereocenters. The van der Waals surface area contributed by atoms with E-state index in [1.807, 2.05) is 0 Å². The van der Waals surface area contributed by atoms with E-state index >= 15 is 0 Å². The fourth-order valence-corrected chi connectivity index (χ4v) is 3.79. The molecule has 1 heterocycles. The highest BCUT2D eigenvalue weighted by molar-refractivity contribution is 5.67. The first-order valence-electron chi connectivity index (χ1n) is 7.52. The fourth-order valence-electron chi connectivity index (χ4n) is 3.79. The average molecular weight is 253 g/mol. The first-order valence-corrected chi connectivity index (χ1v) is 7.52. The van der Waals surface area contributed by atoms with Gasteiger partial charge in [0.2, 0.25) is 0 Å². The molecule has 0 spiro atoms. The maximum absolute atomic E-state index is 10.8. The van der Waals surface area contributed by atoms with Gasteiger partial charge in [0.25, 0.3) is 0 Å². The third kappa shape index (κ3) is 3.47. The first-order chi connectivity index (χ1) is 8.56. The normalized spacial score (nSPS) is 35.6. The van der Waals surface area contributed by atoms with Crippen LogP contribution in [-0.2, 0) is 4.79 Å². The van der Waals surface area contributed by atoms with Crippen molar-refractivity contribution in [3.63, 3.8) is 0 Å². The summed E-state index contributed by atoms with van der Waals surface area (Å²) >= 11 is 0. The van der Waals surface area contributed by atoms with Crippen LogP contribution in [0.1, 0.15) is 52.4 Å². The summed E-state index contributed by atoms with van der Waals surface area (Å²) in [6.07, 6.45) is 6.87. The van der Waals surface area contributed by atoms with E-state index in [1.165, 1.54) is 38.6 Å². The molecule has 1 aliphatic carbocycles. The Labute approximate surface area is 111 Å². The van der Waals surface area contributed by atoms with Gasteiger partial charge in [0.05, 0.1) is 0 Å². The van der Waals surface area contributed by atoms with Crippen LogP contribution in [0, 0.1) is 17.8 Å². The molecule has 1 saturated carbocycles. The zero-order valence-corrected chi connectivity index (χ0v) is 11.8. The van der Waals surface area contributed by atoms with E-state index in [-0.39, 0.29) is 0 Å². The number of hydrogen-bond acceptors (Lipinski definition) is 2. The van der Waals surface area contributed by atoms with Crippen LogP contribution in [0.5, 0.6) is 0 Å². The van der Waals surface area contributed by atoms with Crippen molar-refractivity contribution in [3.05, 3.63) is 0 Å². The molecule has 0 radical (unpaired) electrons. The van der Waals surface area contributed by atoms with Crippen molar-refractivity contribution >= 4 is 5.97 Å². The van der Waals surface area contributed by atoms with E-state index in [1.54, 1.807) is 0 Å². The number of carbonyl (C=O) groups is 1. The van der Waals surface area contributed by atoms with E-state index in [2.05, 4.69) is 18.7 Å². The van der Waals surface area contributed by atoms with Crippen LogP contribution in [0.4, 0.5) is 0 Å². The van der Waals surface area contributed by atoms with Gasteiger partial charge in [-0.05, 0) is 56.4 Å². The molecule has 3 heteroatoms. The molecular formula is C15H27NO2. The number of piperidine rings is 1. The minimum Gasteiger partial charge on any atom is -0.481 e. The molecule has 1 aliphatic heterocycles. The van der Waals surface area contributed by atoms with Gasteiger partial charge >= 0.3 is 5.97 Å². The van der Waals surface area contributed by atoms with E-state index in [0.29, 0.717) is 18.3 Å². The Morgan fingerprint density at radius 2 is 2.17 bits per heavy atom. The highest BCUT2D eigenvalue weighted by Gasteiger charge is 2.32. The molecule has 104 valence electrons. The summed E-state index contributed by atoms with van der Waals surface area (Å²) in [6.45, 7) is 6.83. The highest BCUT2D eigenvalue weighted by atomic mass is 16.4. The van der Waals surface area contributed by atoms with Crippen molar-refractivity contribution in [3.8, 4) is 0 Å².